The minimum absolute atomic E-state index is 0.000708. The Bertz CT molecular complexity index is 5470. The molecule has 4 amide bonds. The number of Topliss-reactive ketones (excluding diaryl/α,β-unsaturated/α-hetero) is 1. The lowest BCUT2D eigenvalue weighted by atomic mass is 10.0. The number of hydrogen-bond acceptors (Lipinski definition) is 32. The molecule has 690 valence electrons. The summed E-state index contributed by atoms with van der Waals surface area (Å²) in [5, 5.41) is 121. The van der Waals surface area contributed by atoms with Gasteiger partial charge in [-0.25, -0.2) is 4.79 Å². The quantitative estimate of drug-likeness (QED) is 0.0236. The molecule has 7 aromatic rings. The van der Waals surface area contributed by atoms with Crippen molar-refractivity contribution in [3.63, 3.8) is 0 Å². The van der Waals surface area contributed by atoms with E-state index in [9.17, 15) is 84.9 Å². The summed E-state index contributed by atoms with van der Waals surface area (Å²) in [5.41, 5.74) is 8.61. The lowest BCUT2D eigenvalue weighted by molar-refractivity contribution is -0.138. The number of carboxylic acids is 1. The number of likely N-dealkylation sites (N-methyl/N-ethyl adjacent to an activating group) is 4. The fourth-order valence-corrected chi connectivity index (χ4v) is 19.0. The van der Waals surface area contributed by atoms with Crippen molar-refractivity contribution in [2.75, 3.05) is 112 Å². The molecule has 0 fully saturated rings. The molecule has 1 aromatic heterocycles. The van der Waals surface area contributed by atoms with Crippen molar-refractivity contribution in [2.45, 2.75) is 134 Å². The number of aliphatic carboxylic acids is 1. The molecular weight excluding hydrogens is 1750 g/mol. The van der Waals surface area contributed by atoms with E-state index in [1.165, 1.54) is 98.1 Å². The van der Waals surface area contributed by atoms with Crippen molar-refractivity contribution >= 4 is 131 Å². The Balaban J connectivity index is 0.000000183. The first kappa shape index (κ1) is 101. The van der Waals surface area contributed by atoms with Gasteiger partial charge in [-0.1, -0.05) is 23.3 Å². The number of aryl methyl sites for hydroxylation is 4. The van der Waals surface area contributed by atoms with Gasteiger partial charge in [-0.2, -0.15) is 0 Å². The number of rotatable bonds is 25. The van der Waals surface area contributed by atoms with E-state index in [1.54, 1.807) is 136 Å². The second-order valence-corrected chi connectivity index (χ2v) is 37.1. The van der Waals surface area contributed by atoms with Crippen LogP contribution in [0.5, 0.6) is 63.2 Å². The summed E-state index contributed by atoms with van der Waals surface area (Å²) in [6.07, 6.45) is 7.88. The first-order chi connectivity index (χ1) is 61.2. The Kier molecular flexibility index (Phi) is 37.2. The Labute approximate surface area is 770 Å². The zero-order valence-electron chi connectivity index (χ0n) is 74.2. The Hall–Kier alpha value is -11.4. The first-order valence-electron chi connectivity index (χ1n) is 41.5. The van der Waals surface area contributed by atoms with Crippen LogP contribution >= 0.6 is 58.8 Å². The summed E-state index contributed by atoms with van der Waals surface area (Å²) < 4.78 is 11.4. The molecule has 0 aliphatic carbocycles. The number of phenols is 10. The van der Waals surface area contributed by atoms with Crippen LogP contribution in [0.4, 0.5) is 0 Å². The maximum Gasteiger partial charge on any atom is 0.329 e. The summed E-state index contributed by atoms with van der Waals surface area (Å²) in [5.74, 6) is 2.39. The standard InChI is InChI=1S/C29H36N2O8S2.C14H18N2O2.C13H16N2O3S.C13H15NO2.C12H14N2O3S.C11H13N3O2S/c1-17-15-40-27(30-17)20-11-18(23(32)13-25(20)34)5-2-7-38-9-4-10-39-8-3-6-19-12-21(26(35)14-24(19)33)28-31-22(16-41-28)29(36)37;1-9-4-7-13(17)10(8-9)11-5-6-12(15-11)14(18)16(2)3;1-13(12(18)15(2)3)7-19-11(14-13)9-5-4-8(16)6-10(9)17;1-8-3-6-13(16)10(7-8)12-5-4-11(14-12)9(2)15;1-14(2)12(17)9-6-18-11(13-9)8-4-3-7(15)5-10(8)16;1-14(2)11(16)7-6-17-10(13-7)9-8(15)4-3-5-12-9/h11-14,17,22,32-35H,2-10,15-16H2,1H3,(H,36,37);4,7-8,12,17H,5-6H2,1-3H3;4-6,16-17H,7H2,1-3H3;3,6-7,11,16H,4-5H2,1-2H3;3-5,9,15-16H,6H2,1-2H3;3-5,7,15H,6H2,1-2H3/t17-,22+;;13-;;9-;7-/m0.1.11/s1. The fraction of sp³-hybridized carbons (Fsp3) is 0.413. The van der Waals surface area contributed by atoms with Crippen LogP contribution in [-0.2, 0) is 51.1 Å². The number of carboxylic acid groups (broad SMARTS) is 1. The van der Waals surface area contributed by atoms with E-state index < -0.39 is 23.6 Å². The highest BCUT2D eigenvalue weighted by Gasteiger charge is 2.41. The van der Waals surface area contributed by atoms with Crippen molar-refractivity contribution < 1.29 is 99.5 Å². The zero-order valence-corrected chi connectivity index (χ0v) is 78.3. The number of phenolic OH excluding ortho intramolecular Hbond substituents is 10. The molecule has 129 heavy (non-hydrogen) atoms. The lowest BCUT2D eigenvalue weighted by Gasteiger charge is -2.22. The molecule has 7 atom stereocenters. The number of hydrogen-bond donors (Lipinski definition) is 12. The SMILES string of the molecule is CC(=O)C1CCC(c2cc(C)ccc2O)=N1.CN(C)C(=O)[C@@]1(C)CSC(c2ccc(O)cc2O)=N1.CN(C)C(=O)[C@H]1CSC(c2ccc(O)cc2O)=N1.CN(C)C(=O)[C@H]1CSC(c2ncccc2O)=N1.C[C@H]1CSC(c2cc(CCCOCCCOCCCc3cc(C4=N[C@@H](C(=O)O)CS4)c(O)cc3O)c(O)cc2O)=N1.Cc1ccc(O)c(C2=NC(C(=O)N(C)C)CC2)c1. The van der Waals surface area contributed by atoms with Crippen LogP contribution in [0.25, 0.3) is 0 Å². The van der Waals surface area contributed by atoms with Crippen LogP contribution in [0, 0.1) is 13.8 Å². The monoisotopic (exact) mass is 1860 g/mol. The second-order valence-electron chi connectivity index (χ2n) is 32.1. The molecular formula is C92H112N12O20S5. The highest BCUT2D eigenvalue weighted by molar-refractivity contribution is 8.15. The average molecular weight is 1870 g/mol. The van der Waals surface area contributed by atoms with Crippen molar-refractivity contribution in [3.8, 4) is 63.2 Å². The minimum Gasteiger partial charge on any atom is -0.508 e. The molecule has 6 aromatic carbocycles. The number of benzene rings is 6. The molecule has 8 heterocycles. The molecule has 2 unspecified atom stereocenters. The maximum atomic E-state index is 12.1. The molecule has 7 aliphatic heterocycles. The predicted molar refractivity (Wildman–Crippen MR) is 510 cm³/mol. The molecule has 0 saturated carbocycles. The maximum absolute atomic E-state index is 12.1. The zero-order chi connectivity index (χ0) is 94.3. The van der Waals surface area contributed by atoms with E-state index in [-0.39, 0.29) is 117 Å². The molecule has 12 N–H and O–H groups in total. The summed E-state index contributed by atoms with van der Waals surface area (Å²) in [7, 11) is 13.7. The molecule has 32 nitrogen and oxygen atoms in total. The number of ether oxygens (including phenoxy) is 2. The van der Waals surface area contributed by atoms with Crippen LogP contribution in [0.15, 0.2) is 150 Å². The van der Waals surface area contributed by atoms with Gasteiger partial charge < -0.3 is 90.4 Å². The molecule has 37 heteroatoms. The number of carbonyl (C=O) groups excluding carboxylic acids is 5. The number of aromatic hydroxyl groups is 11. The van der Waals surface area contributed by atoms with E-state index >= 15 is 0 Å². The van der Waals surface area contributed by atoms with Gasteiger partial charge in [-0.3, -0.25) is 63.9 Å². The summed E-state index contributed by atoms with van der Waals surface area (Å²) in [4.78, 5) is 111. The topological polar surface area (TPSA) is 476 Å². The Morgan fingerprint density at radius 1 is 0.419 bits per heavy atom. The number of aliphatic imine (C=N–C) groups is 7. The second kappa shape index (κ2) is 47.3. The van der Waals surface area contributed by atoms with Gasteiger partial charge in [0.2, 0.25) is 17.7 Å². The lowest BCUT2D eigenvalue weighted by Crippen LogP contribution is -2.42. The third-order valence-corrected chi connectivity index (χ3v) is 26.3. The van der Waals surface area contributed by atoms with Crippen molar-refractivity contribution in [2.24, 2.45) is 34.9 Å². The summed E-state index contributed by atoms with van der Waals surface area (Å²) in [6, 6.07) is 27.1. The molecule has 14 rings (SSSR count). The molecule has 0 saturated heterocycles. The Morgan fingerprint density at radius 2 is 0.845 bits per heavy atom. The number of ketones is 1. The normalized spacial score (nSPS) is 19.2. The predicted octanol–water partition coefficient (Wildman–Crippen LogP) is 11.5. The highest BCUT2D eigenvalue weighted by atomic mass is 32.2. The van der Waals surface area contributed by atoms with E-state index in [0.29, 0.717) is 122 Å². The average Bonchev–Trinajstić information content (AvgIpc) is 1.62. The first-order valence-corrected chi connectivity index (χ1v) is 46.5. The minimum atomic E-state index is -0.999. The van der Waals surface area contributed by atoms with E-state index in [0.717, 1.165) is 88.6 Å². The van der Waals surface area contributed by atoms with Crippen LogP contribution < -0.4 is 0 Å². The number of nitrogens with zero attached hydrogens (tertiary/aromatic N) is 12. The van der Waals surface area contributed by atoms with Crippen molar-refractivity contribution in [3.05, 3.63) is 177 Å². The largest absolute Gasteiger partial charge is 0.508 e. The molecule has 0 radical (unpaired) electrons. The van der Waals surface area contributed by atoms with Gasteiger partial charge in [0.1, 0.15) is 124 Å². The number of carbonyl (C=O) groups is 6. The number of amides is 4. The number of aromatic nitrogens is 1. The van der Waals surface area contributed by atoms with Crippen molar-refractivity contribution in [1.29, 1.82) is 0 Å². The van der Waals surface area contributed by atoms with Gasteiger partial charge in [-0.15, -0.1) is 58.8 Å². The van der Waals surface area contributed by atoms with Gasteiger partial charge in [0.15, 0.2) is 11.8 Å². The smallest absolute Gasteiger partial charge is 0.329 e. The van der Waals surface area contributed by atoms with Gasteiger partial charge in [-0.05, 0) is 176 Å². The van der Waals surface area contributed by atoms with Crippen LogP contribution in [0.2, 0.25) is 0 Å². The summed E-state index contributed by atoms with van der Waals surface area (Å²) in [6.45, 7) is 11.5. The van der Waals surface area contributed by atoms with Crippen LogP contribution in [-0.4, -0.2) is 311 Å². The number of thioether (sulfide) groups is 5. The fourth-order valence-electron chi connectivity index (χ4n) is 13.6. The third kappa shape index (κ3) is 28.3. The van der Waals surface area contributed by atoms with Gasteiger partial charge in [0.25, 0.3) is 5.91 Å². The summed E-state index contributed by atoms with van der Waals surface area (Å²) >= 11 is 7.19. The number of pyridine rings is 1. The Morgan fingerprint density at radius 3 is 1.29 bits per heavy atom. The van der Waals surface area contributed by atoms with E-state index in [1.807, 2.05) is 51.1 Å². The van der Waals surface area contributed by atoms with Gasteiger partial charge in [0, 0.05) is 187 Å². The molecule has 0 bridgehead atoms. The highest BCUT2D eigenvalue weighted by Crippen LogP contribution is 2.40. The third-order valence-electron chi connectivity index (χ3n) is 20.6. The van der Waals surface area contributed by atoms with Gasteiger partial charge in [0.05, 0.1) is 6.04 Å². The molecule has 0 spiro atoms. The molecule has 7 aliphatic rings. The van der Waals surface area contributed by atoms with E-state index in [2.05, 4.69) is 39.9 Å². The van der Waals surface area contributed by atoms with Crippen LogP contribution in [0.1, 0.15) is 127 Å². The van der Waals surface area contributed by atoms with Crippen molar-refractivity contribution in [1.82, 2.24) is 24.6 Å². The van der Waals surface area contributed by atoms with E-state index in [4.69, 9.17) is 14.6 Å². The van der Waals surface area contributed by atoms with Gasteiger partial charge >= 0.3 is 5.97 Å². The van der Waals surface area contributed by atoms with Crippen LogP contribution in [0.3, 0.4) is 0 Å².